The van der Waals surface area contributed by atoms with Gasteiger partial charge in [-0.1, -0.05) is 56.5 Å². The van der Waals surface area contributed by atoms with Gasteiger partial charge < -0.3 is 0 Å². The number of unbranched alkanes of at least 4 members (excludes halogenated alkanes) is 2. The van der Waals surface area contributed by atoms with Crippen molar-refractivity contribution < 1.29 is 9.78 Å². The molecule has 0 radical (unpaired) electrons. The Bertz CT molecular complexity index is 317. The molecule has 0 amide bonds. The number of hydrogen-bond donors (Lipinski definition) is 0. The lowest BCUT2D eigenvalue weighted by atomic mass is 9.86. The minimum Gasteiger partial charge on any atom is -0.236 e. The van der Waals surface area contributed by atoms with E-state index in [9.17, 15) is 0 Å². The molecule has 1 fully saturated rings. The molecule has 0 aromatic heterocycles. The molecule has 1 aromatic rings. The fraction of sp³-hybridized carbons (Fsp3) is 0.625. The van der Waals surface area contributed by atoms with E-state index in [1.54, 1.807) is 0 Å². The number of hydrogen-bond acceptors (Lipinski definition) is 2. The minimum atomic E-state index is 0.234. The second-order valence-corrected chi connectivity index (χ2v) is 5.11. The summed E-state index contributed by atoms with van der Waals surface area (Å²) in [4.78, 5) is 10.7. The zero-order chi connectivity index (χ0) is 12.6. The van der Waals surface area contributed by atoms with Crippen molar-refractivity contribution in [3.8, 4) is 0 Å². The van der Waals surface area contributed by atoms with Crippen molar-refractivity contribution in [1.82, 2.24) is 0 Å². The van der Waals surface area contributed by atoms with Crippen LogP contribution in [0.5, 0.6) is 0 Å². The van der Waals surface area contributed by atoms with Gasteiger partial charge in [0.2, 0.25) is 0 Å². The van der Waals surface area contributed by atoms with Crippen molar-refractivity contribution in [2.75, 3.05) is 6.61 Å². The summed E-state index contributed by atoms with van der Waals surface area (Å²) in [5, 5.41) is 0. The van der Waals surface area contributed by atoms with Gasteiger partial charge in [-0.2, -0.15) is 0 Å². The minimum absolute atomic E-state index is 0.234. The van der Waals surface area contributed by atoms with Crippen molar-refractivity contribution in [2.45, 2.75) is 57.5 Å². The van der Waals surface area contributed by atoms with Crippen molar-refractivity contribution >= 4 is 0 Å². The highest BCUT2D eigenvalue weighted by molar-refractivity contribution is 5.20. The van der Waals surface area contributed by atoms with Gasteiger partial charge in [0.25, 0.3) is 0 Å². The second kappa shape index (κ2) is 7.55. The summed E-state index contributed by atoms with van der Waals surface area (Å²) >= 11 is 0. The summed E-state index contributed by atoms with van der Waals surface area (Å²) in [6.07, 6.45) is 7.51. The quantitative estimate of drug-likeness (QED) is 0.546. The van der Waals surface area contributed by atoms with Crippen LogP contribution < -0.4 is 0 Å². The SMILES string of the molecule is CCCCCC(c1ccccc1)C1CCCOO1. The molecule has 0 bridgehead atoms. The summed E-state index contributed by atoms with van der Waals surface area (Å²) in [6.45, 7) is 2.99. The monoisotopic (exact) mass is 248 g/mol. The summed E-state index contributed by atoms with van der Waals surface area (Å²) in [6, 6.07) is 10.7. The van der Waals surface area contributed by atoms with Gasteiger partial charge in [-0.3, -0.25) is 0 Å². The largest absolute Gasteiger partial charge is 0.236 e. The Kier molecular flexibility index (Phi) is 5.69. The van der Waals surface area contributed by atoms with Gasteiger partial charge in [0.15, 0.2) is 0 Å². The molecule has 18 heavy (non-hydrogen) atoms. The van der Waals surface area contributed by atoms with Crippen molar-refractivity contribution in [2.24, 2.45) is 0 Å². The second-order valence-electron chi connectivity index (χ2n) is 5.11. The van der Waals surface area contributed by atoms with E-state index in [2.05, 4.69) is 37.3 Å². The number of benzene rings is 1. The summed E-state index contributed by atoms with van der Waals surface area (Å²) in [5.74, 6) is 0.484. The molecule has 0 N–H and O–H groups in total. The first-order valence-electron chi connectivity index (χ1n) is 7.25. The Morgan fingerprint density at radius 2 is 2.06 bits per heavy atom. The molecule has 2 nitrogen and oxygen atoms in total. The normalized spacial score (nSPS) is 21.7. The number of rotatable bonds is 6. The Labute approximate surface area is 110 Å². The van der Waals surface area contributed by atoms with Gasteiger partial charge in [0.05, 0.1) is 12.7 Å². The fourth-order valence-electron chi connectivity index (χ4n) is 2.68. The van der Waals surface area contributed by atoms with E-state index in [1.807, 2.05) is 0 Å². The third-order valence-corrected chi connectivity index (χ3v) is 3.70. The highest BCUT2D eigenvalue weighted by Crippen LogP contribution is 2.32. The molecule has 0 spiro atoms. The molecule has 2 atom stereocenters. The van der Waals surface area contributed by atoms with E-state index in [1.165, 1.54) is 31.2 Å². The van der Waals surface area contributed by atoms with Crippen LogP contribution in [0.4, 0.5) is 0 Å². The van der Waals surface area contributed by atoms with Crippen molar-refractivity contribution in [3.05, 3.63) is 35.9 Å². The Balaban J connectivity index is 2.01. The molecule has 1 aliphatic heterocycles. The molecule has 2 rings (SSSR count). The maximum Gasteiger partial charge on any atom is 0.0999 e. The maximum atomic E-state index is 5.53. The summed E-state index contributed by atoms with van der Waals surface area (Å²) in [7, 11) is 0. The van der Waals surface area contributed by atoms with Crippen LogP contribution in [-0.4, -0.2) is 12.7 Å². The van der Waals surface area contributed by atoms with Crippen LogP contribution in [0, 0.1) is 0 Å². The van der Waals surface area contributed by atoms with Gasteiger partial charge in [-0.15, -0.1) is 0 Å². The van der Waals surface area contributed by atoms with Crippen molar-refractivity contribution in [1.29, 1.82) is 0 Å². The first-order chi connectivity index (χ1) is 8.92. The first-order valence-corrected chi connectivity index (χ1v) is 7.25. The van der Waals surface area contributed by atoms with E-state index in [-0.39, 0.29) is 6.10 Å². The maximum absolute atomic E-state index is 5.53. The Morgan fingerprint density at radius 3 is 2.72 bits per heavy atom. The lowest BCUT2D eigenvalue weighted by Gasteiger charge is -2.29. The molecule has 2 heteroatoms. The molecule has 100 valence electrons. The average molecular weight is 248 g/mol. The summed E-state index contributed by atoms with van der Waals surface area (Å²) in [5.41, 5.74) is 1.39. The highest BCUT2D eigenvalue weighted by Gasteiger charge is 2.26. The van der Waals surface area contributed by atoms with Crippen LogP contribution in [0.25, 0.3) is 0 Å². The summed E-state index contributed by atoms with van der Waals surface area (Å²) < 4.78 is 0. The van der Waals surface area contributed by atoms with Gasteiger partial charge in [-0.05, 0) is 24.8 Å². The molecule has 1 heterocycles. The van der Waals surface area contributed by atoms with E-state index in [0.29, 0.717) is 5.92 Å². The van der Waals surface area contributed by atoms with Gasteiger partial charge in [0.1, 0.15) is 0 Å². The highest BCUT2D eigenvalue weighted by atomic mass is 17.2. The predicted octanol–water partition coefficient (Wildman–Crippen LogP) is 4.46. The van der Waals surface area contributed by atoms with Crippen LogP contribution in [-0.2, 0) is 9.78 Å². The molecular formula is C16H24O2. The lowest BCUT2D eigenvalue weighted by molar-refractivity contribution is -0.349. The average Bonchev–Trinajstić information content (AvgIpc) is 2.46. The zero-order valence-corrected chi connectivity index (χ0v) is 11.3. The molecule has 0 saturated carbocycles. The molecule has 1 saturated heterocycles. The van der Waals surface area contributed by atoms with E-state index < -0.39 is 0 Å². The standard InChI is InChI=1S/C16H24O2/c1-2-3-5-11-15(14-9-6-4-7-10-14)16-12-8-13-17-18-16/h4,6-7,9-10,15-16H,2-3,5,8,11-13H2,1H3. The van der Waals surface area contributed by atoms with Crippen LogP contribution in [0.3, 0.4) is 0 Å². The zero-order valence-electron chi connectivity index (χ0n) is 11.3. The third kappa shape index (κ3) is 3.82. The molecule has 2 unspecified atom stereocenters. The topological polar surface area (TPSA) is 18.5 Å². The molecule has 0 aliphatic carbocycles. The van der Waals surface area contributed by atoms with Gasteiger partial charge in [-0.25, -0.2) is 9.78 Å². The Hall–Kier alpha value is -0.860. The first kappa shape index (κ1) is 13.6. The molecular weight excluding hydrogens is 224 g/mol. The van der Waals surface area contributed by atoms with Crippen LogP contribution in [0.2, 0.25) is 0 Å². The predicted molar refractivity (Wildman–Crippen MR) is 73.4 cm³/mol. The van der Waals surface area contributed by atoms with E-state index in [4.69, 9.17) is 9.78 Å². The van der Waals surface area contributed by atoms with Gasteiger partial charge >= 0.3 is 0 Å². The van der Waals surface area contributed by atoms with Crippen LogP contribution >= 0.6 is 0 Å². The van der Waals surface area contributed by atoms with Crippen LogP contribution in [0.1, 0.15) is 56.9 Å². The third-order valence-electron chi connectivity index (χ3n) is 3.70. The lowest BCUT2D eigenvalue weighted by Crippen LogP contribution is -2.27. The molecule has 1 aromatic carbocycles. The fourth-order valence-corrected chi connectivity index (χ4v) is 2.68. The van der Waals surface area contributed by atoms with E-state index in [0.717, 1.165) is 19.4 Å². The Morgan fingerprint density at radius 1 is 1.22 bits per heavy atom. The molecule has 1 aliphatic rings. The van der Waals surface area contributed by atoms with Crippen molar-refractivity contribution in [3.63, 3.8) is 0 Å². The smallest absolute Gasteiger partial charge is 0.0999 e. The van der Waals surface area contributed by atoms with E-state index >= 15 is 0 Å². The van der Waals surface area contributed by atoms with Crippen LogP contribution in [0.15, 0.2) is 30.3 Å². The van der Waals surface area contributed by atoms with Gasteiger partial charge in [0, 0.05) is 5.92 Å².